The van der Waals surface area contributed by atoms with Crippen LogP contribution in [0.1, 0.15) is 16.1 Å². The first kappa shape index (κ1) is 12.5. The van der Waals surface area contributed by atoms with Crippen molar-refractivity contribution >= 4 is 17.6 Å². The van der Waals surface area contributed by atoms with Gasteiger partial charge in [0.05, 0.1) is 25.0 Å². The molecule has 2 rings (SSSR count). The molecule has 0 aliphatic carbocycles. The molecule has 1 aromatic heterocycles. The van der Waals surface area contributed by atoms with Crippen molar-refractivity contribution in [2.45, 2.75) is 6.42 Å². The number of aromatic nitrogens is 2. The molecule has 1 heterocycles. The van der Waals surface area contributed by atoms with Gasteiger partial charge < -0.3 is 10.1 Å². The minimum Gasteiger partial charge on any atom is -0.496 e. The summed E-state index contributed by atoms with van der Waals surface area (Å²) in [5, 5.41) is 2.79. The van der Waals surface area contributed by atoms with E-state index in [0.29, 0.717) is 18.7 Å². The maximum atomic E-state index is 11.6. The lowest BCUT2D eigenvalue weighted by Crippen LogP contribution is -2.26. The Morgan fingerprint density at radius 2 is 2.28 bits per heavy atom. The van der Waals surface area contributed by atoms with Crippen molar-refractivity contribution in [2.75, 3.05) is 13.7 Å². The highest BCUT2D eigenvalue weighted by Crippen LogP contribution is 2.17. The molecule has 0 unspecified atom stereocenters. The Kier molecular flexibility index (Phi) is 4.25. The van der Waals surface area contributed by atoms with Crippen LogP contribution in [0.15, 0.2) is 30.5 Å². The minimum absolute atomic E-state index is 0.196. The second-order valence-corrected chi connectivity index (χ2v) is 4.17. The van der Waals surface area contributed by atoms with Crippen molar-refractivity contribution < 1.29 is 9.53 Å². The molecule has 6 heteroatoms. The van der Waals surface area contributed by atoms with Crippen LogP contribution in [0.2, 0.25) is 0 Å². The van der Waals surface area contributed by atoms with Gasteiger partial charge in [-0.3, -0.25) is 4.79 Å². The van der Waals surface area contributed by atoms with Crippen LogP contribution in [-0.4, -0.2) is 28.3 Å². The van der Waals surface area contributed by atoms with Gasteiger partial charge in [0.15, 0.2) is 5.69 Å². The van der Waals surface area contributed by atoms with Gasteiger partial charge in [0.1, 0.15) is 5.75 Å². The lowest BCUT2D eigenvalue weighted by atomic mass is 10.1. The number of para-hydroxylation sites is 1. The topological polar surface area (TPSA) is 64.1 Å². The van der Waals surface area contributed by atoms with E-state index in [1.165, 1.54) is 6.20 Å². The van der Waals surface area contributed by atoms with Gasteiger partial charge in [-0.05, 0) is 18.1 Å². The van der Waals surface area contributed by atoms with Crippen LogP contribution < -0.4 is 10.1 Å². The van der Waals surface area contributed by atoms with E-state index in [0.717, 1.165) is 23.0 Å². The molecular formula is C12H13N3O2S. The van der Waals surface area contributed by atoms with Gasteiger partial charge in [-0.15, -0.1) is 0 Å². The van der Waals surface area contributed by atoms with Crippen LogP contribution in [0.3, 0.4) is 0 Å². The number of ether oxygens (including phenoxy) is 1. The maximum absolute atomic E-state index is 11.6. The van der Waals surface area contributed by atoms with Crippen LogP contribution in [-0.2, 0) is 6.42 Å². The van der Waals surface area contributed by atoms with Crippen molar-refractivity contribution in [3.05, 3.63) is 41.7 Å². The van der Waals surface area contributed by atoms with Gasteiger partial charge in [-0.2, -0.15) is 8.75 Å². The molecule has 0 saturated heterocycles. The van der Waals surface area contributed by atoms with Gasteiger partial charge >= 0.3 is 0 Å². The fourth-order valence-electron chi connectivity index (χ4n) is 1.58. The molecular weight excluding hydrogens is 250 g/mol. The zero-order chi connectivity index (χ0) is 12.8. The SMILES string of the molecule is COc1ccccc1CCNC(=O)c1cnsn1. The van der Waals surface area contributed by atoms with Crippen molar-refractivity contribution in [1.29, 1.82) is 0 Å². The predicted octanol–water partition coefficient (Wildman–Crippen LogP) is 1.52. The molecule has 0 spiro atoms. The van der Waals surface area contributed by atoms with Crippen molar-refractivity contribution in [3.8, 4) is 5.75 Å². The molecule has 0 bridgehead atoms. The molecule has 0 radical (unpaired) electrons. The number of carbonyl (C=O) groups is 1. The lowest BCUT2D eigenvalue weighted by Gasteiger charge is -2.08. The number of hydrogen-bond donors (Lipinski definition) is 1. The molecule has 0 fully saturated rings. The first-order valence-electron chi connectivity index (χ1n) is 5.49. The van der Waals surface area contributed by atoms with E-state index in [4.69, 9.17) is 4.74 Å². The summed E-state index contributed by atoms with van der Waals surface area (Å²) < 4.78 is 12.9. The van der Waals surface area contributed by atoms with Crippen LogP contribution in [0, 0.1) is 0 Å². The molecule has 2 aromatic rings. The molecule has 18 heavy (non-hydrogen) atoms. The summed E-state index contributed by atoms with van der Waals surface area (Å²) in [5.74, 6) is 0.640. The average Bonchev–Trinajstić information content (AvgIpc) is 2.93. The Labute approximate surface area is 109 Å². The third-order valence-electron chi connectivity index (χ3n) is 2.47. The Morgan fingerprint density at radius 3 is 3.00 bits per heavy atom. The maximum Gasteiger partial charge on any atom is 0.272 e. The van der Waals surface area contributed by atoms with E-state index in [1.54, 1.807) is 7.11 Å². The van der Waals surface area contributed by atoms with Gasteiger partial charge in [0, 0.05) is 6.54 Å². The van der Waals surface area contributed by atoms with Gasteiger partial charge in [-0.25, -0.2) is 0 Å². The van der Waals surface area contributed by atoms with Crippen LogP contribution in [0.25, 0.3) is 0 Å². The van der Waals surface area contributed by atoms with Gasteiger partial charge in [0.25, 0.3) is 5.91 Å². The molecule has 0 aliphatic heterocycles. The summed E-state index contributed by atoms with van der Waals surface area (Å²) in [6, 6.07) is 7.75. The normalized spacial score (nSPS) is 10.1. The van der Waals surface area contributed by atoms with E-state index < -0.39 is 0 Å². The number of nitrogens with zero attached hydrogens (tertiary/aromatic N) is 2. The zero-order valence-electron chi connectivity index (χ0n) is 9.92. The monoisotopic (exact) mass is 263 g/mol. The summed E-state index contributed by atoms with van der Waals surface area (Å²) in [6.07, 6.45) is 2.18. The predicted molar refractivity (Wildman–Crippen MR) is 68.9 cm³/mol. The number of amides is 1. The third-order valence-corrected chi connectivity index (χ3v) is 2.94. The van der Waals surface area contributed by atoms with Crippen LogP contribution >= 0.6 is 11.7 Å². The number of rotatable bonds is 5. The van der Waals surface area contributed by atoms with E-state index in [9.17, 15) is 4.79 Å². The summed E-state index contributed by atoms with van der Waals surface area (Å²) >= 11 is 1.02. The second kappa shape index (κ2) is 6.11. The quantitative estimate of drug-likeness (QED) is 0.888. The van der Waals surface area contributed by atoms with Crippen molar-refractivity contribution in [3.63, 3.8) is 0 Å². The number of hydrogen-bond acceptors (Lipinski definition) is 5. The minimum atomic E-state index is -0.196. The summed E-state index contributed by atoms with van der Waals surface area (Å²) in [5.41, 5.74) is 1.43. The smallest absolute Gasteiger partial charge is 0.272 e. The van der Waals surface area contributed by atoms with Gasteiger partial charge in [-0.1, -0.05) is 18.2 Å². The highest BCUT2D eigenvalue weighted by molar-refractivity contribution is 6.99. The Morgan fingerprint density at radius 1 is 1.44 bits per heavy atom. The van der Waals surface area contributed by atoms with Crippen LogP contribution in [0.4, 0.5) is 0 Å². The lowest BCUT2D eigenvalue weighted by molar-refractivity contribution is 0.0950. The van der Waals surface area contributed by atoms with Crippen molar-refractivity contribution in [2.24, 2.45) is 0 Å². The first-order valence-corrected chi connectivity index (χ1v) is 6.22. The largest absolute Gasteiger partial charge is 0.496 e. The summed E-state index contributed by atoms with van der Waals surface area (Å²) in [4.78, 5) is 11.6. The number of nitrogens with one attached hydrogen (secondary N) is 1. The van der Waals surface area contributed by atoms with E-state index in [-0.39, 0.29) is 5.91 Å². The molecule has 0 aliphatic rings. The third kappa shape index (κ3) is 3.04. The molecule has 5 nitrogen and oxygen atoms in total. The number of benzene rings is 1. The van der Waals surface area contributed by atoms with E-state index in [2.05, 4.69) is 14.1 Å². The Hall–Kier alpha value is -1.95. The second-order valence-electron chi connectivity index (χ2n) is 3.61. The first-order chi connectivity index (χ1) is 8.81. The number of carbonyl (C=O) groups excluding carboxylic acids is 1. The summed E-state index contributed by atoms with van der Waals surface area (Å²) in [6.45, 7) is 0.538. The standard InChI is InChI=1S/C12H13N3O2S/c1-17-11-5-3-2-4-9(11)6-7-13-12(16)10-8-14-18-15-10/h2-5,8H,6-7H2,1H3,(H,13,16). The fourth-order valence-corrected chi connectivity index (χ4v) is 1.99. The fraction of sp³-hybridized carbons (Fsp3) is 0.250. The van der Waals surface area contributed by atoms with E-state index in [1.807, 2.05) is 24.3 Å². The average molecular weight is 263 g/mol. The molecule has 0 atom stereocenters. The summed E-state index contributed by atoms with van der Waals surface area (Å²) in [7, 11) is 1.64. The van der Waals surface area contributed by atoms with Crippen molar-refractivity contribution in [1.82, 2.24) is 14.1 Å². The van der Waals surface area contributed by atoms with Gasteiger partial charge in [0.2, 0.25) is 0 Å². The molecule has 1 amide bonds. The highest BCUT2D eigenvalue weighted by Gasteiger charge is 2.08. The molecule has 1 aromatic carbocycles. The Balaban J connectivity index is 1.87. The Bertz CT molecular complexity index is 514. The molecule has 94 valence electrons. The van der Waals surface area contributed by atoms with E-state index >= 15 is 0 Å². The highest BCUT2D eigenvalue weighted by atomic mass is 32.1. The number of methoxy groups -OCH3 is 1. The molecule has 0 saturated carbocycles. The zero-order valence-corrected chi connectivity index (χ0v) is 10.7. The molecule has 1 N–H and O–H groups in total. The van der Waals surface area contributed by atoms with Crippen LogP contribution in [0.5, 0.6) is 5.75 Å².